The molecule has 0 N–H and O–H groups in total. The van der Waals surface area contributed by atoms with Crippen LogP contribution in [0.15, 0.2) is 67.1 Å². The first-order valence-electron chi connectivity index (χ1n) is 12.6. The second-order valence-electron chi connectivity index (χ2n) is 12.8. The fraction of sp³-hybridized carbons (Fsp3) is 0.467. The standard InChI is InChI=1S/C28H40Si2.C2H5.Sn/c1-27(2,3)29(7,8)21-25(23-17-13-11-14-18-23)26(24-19-15-12-16-20-24)22-30(9,10)28(4,5)6;1-2;/h11-20H,1-10H3;1H2,2H3;/q;;-1. The zero-order valence-electron chi connectivity index (χ0n) is 23.0. The fourth-order valence-corrected chi connectivity index (χ4v) is 40.0. The Balaban J connectivity index is 2.54. The third-order valence-electron chi connectivity index (χ3n) is 8.83. The van der Waals surface area contributed by atoms with E-state index in [1.165, 1.54) is 15.6 Å². The second kappa shape index (κ2) is 9.31. The van der Waals surface area contributed by atoms with Crippen LogP contribution in [0.3, 0.4) is 0 Å². The van der Waals surface area contributed by atoms with Gasteiger partial charge in [0.05, 0.1) is 0 Å². The van der Waals surface area contributed by atoms with E-state index in [1.807, 2.05) is 6.42 Å². The van der Waals surface area contributed by atoms with E-state index in [0.29, 0.717) is 10.1 Å². The van der Waals surface area contributed by atoms with Gasteiger partial charge in [0, 0.05) is 0 Å². The van der Waals surface area contributed by atoms with Gasteiger partial charge in [-0.1, -0.05) is 0 Å². The summed E-state index contributed by atoms with van der Waals surface area (Å²) in [5.41, 5.74) is 6.22. The van der Waals surface area contributed by atoms with Crippen molar-refractivity contribution in [2.75, 3.05) is 0 Å². The van der Waals surface area contributed by atoms with Crippen LogP contribution in [0.25, 0.3) is 11.1 Å². The molecule has 3 rings (SSSR count). The van der Waals surface area contributed by atoms with Crippen LogP contribution in [0.1, 0.15) is 59.6 Å². The zero-order valence-corrected chi connectivity index (χ0v) is 27.8. The third-order valence-corrected chi connectivity index (χ3v) is 41.0. The van der Waals surface area contributed by atoms with E-state index in [0.717, 1.165) is 0 Å². The van der Waals surface area contributed by atoms with Crippen molar-refractivity contribution >= 4 is 47.1 Å². The Morgan fingerprint density at radius 2 is 0.879 bits per heavy atom. The molecule has 178 valence electrons. The van der Waals surface area contributed by atoms with Crippen molar-refractivity contribution < 1.29 is 0 Å². The van der Waals surface area contributed by atoms with Gasteiger partial charge in [-0.25, -0.2) is 0 Å². The fourth-order valence-electron chi connectivity index (χ4n) is 4.95. The molecule has 0 atom stereocenters. The first kappa shape index (κ1) is 26.8. The molecule has 0 unspecified atom stereocenters. The summed E-state index contributed by atoms with van der Waals surface area (Å²) in [5.74, 6) is 0. The van der Waals surface area contributed by atoms with E-state index in [-0.39, 0.29) is 0 Å². The molecule has 33 heavy (non-hydrogen) atoms. The van der Waals surface area contributed by atoms with E-state index in [1.54, 1.807) is 11.1 Å². The molecule has 0 nitrogen and oxygen atoms in total. The molecular weight excluding hydrogens is 535 g/mol. The number of benzene rings is 2. The summed E-state index contributed by atoms with van der Waals surface area (Å²) in [6.45, 7) is 28.3. The van der Waals surface area contributed by atoms with Crippen molar-refractivity contribution in [3.63, 3.8) is 0 Å². The van der Waals surface area contributed by atoms with Crippen LogP contribution in [-0.4, -0.2) is 35.9 Å². The van der Waals surface area contributed by atoms with Crippen LogP contribution in [0.4, 0.5) is 0 Å². The van der Waals surface area contributed by atoms with Gasteiger partial charge in [0.1, 0.15) is 0 Å². The maximum absolute atomic E-state index is 2.68. The molecular formula is C30H45Si2Sn-. The van der Waals surface area contributed by atoms with Gasteiger partial charge in [0.2, 0.25) is 0 Å². The van der Waals surface area contributed by atoms with Gasteiger partial charge in [-0.15, -0.1) is 0 Å². The summed E-state index contributed by atoms with van der Waals surface area (Å²) in [6, 6.07) is 22.9. The van der Waals surface area contributed by atoms with E-state index in [4.69, 9.17) is 0 Å². The zero-order chi connectivity index (χ0) is 24.8. The van der Waals surface area contributed by atoms with Crippen LogP contribution < -0.4 is 0 Å². The minimum atomic E-state index is -2.09. The summed E-state index contributed by atoms with van der Waals surface area (Å²) >= 11 is -2.09. The van der Waals surface area contributed by atoms with Crippen molar-refractivity contribution in [3.8, 4) is 0 Å². The number of rotatable bonds is 5. The molecule has 1 heterocycles. The Morgan fingerprint density at radius 3 is 1.12 bits per heavy atom. The third kappa shape index (κ3) is 4.69. The molecule has 3 heteroatoms. The quantitative estimate of drug-likeness (QED) is 0.309. The number of hydrogen-bond acceptors (Lipinski definition) is 0. The molecule has 1 aliphatic heterocycles. The van der Waals surface area contributed by atoms with Crippen molar-refractivity contribution in [3.05, 3.63) is 78.2 Å². The maximum atomic E-state index is 2.68. The van der Waals surface area contributed by atoms with Gasteiger partial charge < -0.3 is 0 Å². The Labute approximate surface area is 213 Å². The predicted octanol–water partition coefficient (Wildman–Crippen LogP) is 9.60. The second-order valence-corrected chi connectivity index (χ2v) is 33.8. The van der Waals surface area contributed by atoms with E-state index < -0.39 is 35.9 Å². The molecule has 0 saturated heterocycles. The SMILES string of the molecule is C[CH2][Sn-]1[C]([Si](C)(C)C(C)(C)C)=C(c2ccccc2)C(c2ccccc2)=[C]1[Si](C)(C)C(C)(C)C. The monoisotopic (exact) mass is 581 g/mol. The van der Waals surface area contributed by atoms with E-state index >= 15 is 0 Å². The molecule has 0 fully saturated rings. The molecule has 0 spiro atoms. The summed E-state index contributed by atoms with van der Waals surface area (Å²) in [4.78, 5) is 0. The summed E-state index contributed by atoms with van der Waals surface area (Å²) < 4.78 is 5.37. The van der Waals surface area contributed by atoms with Crippen LogP contribution in [0.2, 0.25) is 40.7 Å². The Hall–Kier alpha value is -0.848. The van der Waals surface area contributed by atoms with Crippen LogP contribution in [0, 0.1) is 0 Å². The number of allylic oxidation sites excluding steroid dienone is 2. The van der Waals surface area contributed by atoms with E-state index in [2.05, 4.69) is 135 Å². The molecule has 2 aromatic carbocycles. The molecule has 0 saturated carbocycles. The minimum absolute atomic E-state index is 0.341. The van der Waals surface area contributed by atoms with Gasteiger partial charge in [-0.05, 0) is 0 Å². The Bertz CT molecular complexity index is 960. The van der Waals surface area contributed by atoms with Crippen molar-refractivity contribution in [1.82, 2.24) is 0 Å². The molecule has 0 aromatic heterocycles. The van der Waals surface area contributed by atoms with Crippen molar-refractivity contribution in [2.45, 2.75) is 89.2 Å². The Kier molecular flexibility index (Phi) is 7.55. The molecule has 1 aliphatic rings. The summed E-state index contributed by atoms with van der Waals surface area (Å²) in [5, 5.41) is 0.683. The summed E-state index contributed by atoms with van der Waals surface area (Å²) in [7, 11) is -3.42. The molecule has 0 aliphatic carbocycles. The van der Waals surface area contributed by atoms with Gasteiger partial charge >= 0.3 is 214 Å². The normalized spacial score (nSPS) is 16.2. The first-order chi connectivity index (χ1) is 15.2. The average Bonchev–Trinajstić information content (AvgIpc) is 3.10. The summed E-state index contributed by atoms with van der Waals surface area (Å²) in [6.07, 6.45) is 0. The van der Waals surface area contributed by atoms with Crippen LogP contribution in [0.5, 0.6) is 0 Å². The Morgan fingerprint density at radius 1 is 0.576 bits per heavy atom. The molecule has 0 amide bonds. The van der Waals surface area contributed by atoms with Crippen LogP contribution in [-0.2, 0) is 0 Å². The average molecular weight is 581 g/mol. The topological polar surface area (TPSA) is 0 Å². The number of hydrogen-bond donors (Lipinski definition) is 0. The molecule has 0 bridgehead atoms. The van der Waals surface area contributed by atoms with Crippen LogP contribution >= 0.6 is 0 Å². The molecule has 2 aromatic rings. The first-order valence-corrected chi connectivity index (χ1v) is 23.5. The van der Waals surface area contributed by atoms with Gasteiger partial charge in [-0.3, -0.25) is 0 Å². The van der Waals surface area contributed by atoms with Crippen molar-refractivity contribution in [2.24, 2.45) is 0 Å². The van der Waals surface area contributed by atoms with E-state index in [9.17, 15) is 0 Å². The predicted molar refractivity (Wildman–Crippen MR) is 157 cm³/mol. The van der Waals surface area contributed by atoms with Gasteiger partial charge in [-0.2, -0.15) is 0 Å². The van der Waals surface area contributed by atoms with Gasteiger partial charge in [0.15, 0.2) is 0 Å². The van der Waals surface area contributed by atoms with Gasteiger partial charge in [0.25, 0.3) is 0 Å². The molecule has 0 radical (unpaired) electrons. The van der Waals surface area contributed by atoms with Crippen molar-refractivity contribution in [1.29, 1.82) is 0 Å².